The molecule has 2 aliphatic carbocycles. The molecule has 0 spiro atoms. The topological polar surface area (TPSA) is 46.2 Å². The smallest absolute Gasteiger partial charge is 0.157 e. The van der Waals surface area contributed by atoms with Gasteiger partial charge in [-0.15, -0.1) is 0 Å². The van der Waals surface area contributed by atoms with Crippen molar-refractivity contribution in [1.82, 2.24) is 5.32 Å². The molecule has 1 aliphatic heterocycles. The van der Waals surface area contributed by atoms with Gasteiger partial charge in [0, 0.05) is 18.2 Å². The van der Waals surface area contributed by atoms with E-state index >= 15 is 0 Å². The van der Waals surface area contributed by atoms with Crippen molar-refractivity contribution in [2.75, 3.05) is 6.54 Å². The number of piperidine rings is 1. The molecule has 3 rings (SSSR count). The van der Waals surface area contributed by atoms with Crippen LogP contribution >= 0.6 is 0 Å². The van der Waals surface area contributed by atoms with Crippen LogP contribution in [0, 0.1) is 5.92 Å². The predicted molar refractivity (Wildman–Crippen MR) is 63.7 cm³/mol. The number of allylic oxidation sites excluding steroid dienone is 4. The summed E-state index contributed by atoms with van der Waals surface area (Å²) in [6, 6.07) is 0. The van der Waals surface area contributed by atoms with Crippen LogP contribution in [-0.2, 0) is 9.84 Å². The van der Waals surface area contributed by atoms with Gasteiger partial charge >= 0.3 is 0 Å². The van der Waals surface area contributed by atoms with E-state index in [0.717, 1.165) is 25.7 Å². The Morgan fingerprint density at radius 2 is 2.06 bits per heavy atom. The summed E-state index contributed by atoms with van der Waals surface area (Å²) in [6.45, 7) is 0.606. The minimum absolute atomic E-state index is 0.0241. The van der Waals surface area contributed by atoms with Gasteiger partial charge < -0.3 is 5.32 Å². The fourth-order valence-corrected chi connectivity index (χ4v) is 4.81. The van der Waals surface area contributed by atoms with Crippen molar-refractivity contribution >= 4 is 9.84 Å². The Kier molecular flexibility index (Phi) is 2.35. The second-order valence-electron chi connectivity index (χ2n) is 5.01. The average Bonchev–Trinajstić information content (AvgIpc) is 3.12. The molecule has 3 aliphatic rings. The van der Waals surface area contributed by atoms with Crippen LogP contribution < -0.4 is 5.32 Å². The third-order valence-corrected chi connectivity index (χ3v) is 6.50. The van der Waals surface area contributed by atoms with Crippen LogP contribution in [0.3, 0.4) is 0 Å². The second kappa shape index (κ2) is 3.62. The molecule has 2 unspecified atom stereocenters. The van der Waals surface area contributed by atoms with E-state index in [9.17, 15) is 8.42 Å². The Hall–Kier alpha value is -0.770. The first-order chi connectivity index (χ1) is 7.68. The van der Waals surface area contributed by atoms with Gasteiger partial charge in [0.1, 0.15) is 0 Å². The van der Waals surface area contributed by atoms with Crippen molar-refractivity contribution in [3.05, 3.63) is 23.9 Å². The van der Waals surface area contributed by atoms with Crippen LogP contribution in [0.25, 0.3) is 0 Å². The fourth-order valence-electron chi connectivity index (χ4n) is 2.66. The lowest BCUT2D eigenvalue weighted by atomic mass is 9.89. The lowest BCUT2D eigenvalue weighted by Gasteiger charge is -2.33. The minimum Gasteiger partial charge on any atom is -0.387 e. The Morgan fingerprint density at radius 1 is 1.25 bits per heavy atom. The first kappa shape index (κ1) is 10.4. The molecular weight excluding hydrogens is 222 g/mol. The predicted octanol–water partition coefficient (Wildman–Crippen LogP) is 1.39. The summed E-state index contributed by atoms with van der Waals surface area (Å²) in [4.78, 5) is 0. The Balaban J connectivity index is 1.77. The molecule has 16 heavy (non-hydrogen) atoms. The van der Waals surface area contributed by atoms with Crippen LogP contribution in [0.5, 0.6) is 0 Å². The third kappa shape index (κ3) is 1.69. The number of hydrogen-bond acceptors (Lipinski definition) is 3. The molecule has 0 amide bonds. The number of nitrogens with one attached hydrogen (secondary N) is 1. The molecule has 0 aromatic rings. The lowest BCUT2D eigenvalue weighted by molar-refractivity contribution is 0.435. The molecule has 0 radical (unpaired) electrons. The molecule has 88 valence electrons. The van der Waals surface area contributed by atoms with Crippen molar-refractivity contribution in [2.45, 2.75) is 36.2 Å². The van der Waals surface area contributed by atoms with Gasteiger partial charge in [-0.2, -0.15) is 0 Å². The lowest BCUT2D eigenvalue weighted by Crippen LogP contribution is -2.43. The molecule has 2 atom stereocenters. The molecular formula is C12H17NO2S. The summed E-state index contributed by atoms with van der Waals surface area (Å²) >= 11 is 0. The van der Waals surface area contributed by atoms with Crippen LogP contribution in [-0.4, -0.2) is 25.5 Å². The van der Waals surface area contributed by atoms with Crippen molar-refractivity contribution in [1.29, 1.82) is 0 Å². The summed E-state index contributed by atoms with van der Waals surface area (Å²) in [5.41, 5.74) is 1.23. The molecule has 4 heteroatoms. The number of rotatable bonds is 2. The highest BCUT2D eigenvalue weighted by Crippen LogP contribution is 2.36. The van der Waals surface area contributed by atoms with Crippen LogP contribution in [0.4, 0.5) is 0 Å². The highest BCUT2D eigenvalue weighted by atomic mass is 32.2. The van der Waals surface area contributed by atoms with Crippen LogP contribution in [0.2, 0.25) is 0 Å². The molecule has 0 bridgehead atoms. The van der Waals surface area contributed by atoms with Gasteiger partial charge in [0.05, 0.1) is 10.5 Å². The normalized spacial score (nSPS) is 33.9. The largest absolute Gasteiger partial charge is 0.387 e. The minimum atomic E-state index is -2.85. The molecule has 0 aromatic heterocycles. The van der Waals surface area contributed by atoms with Crippen molar-refractivity contribution in [3.8, 4) is 0 Å². The van der Waals surface area contributed by atoms with E-state index < -0.39 is 9.84 Å². The molecule has 1 N–H and O–H groups in total. The maximum atomic E-state index is 12.1. The standard InChI is InChI=1S/C12H17NO2S/c14-16(15,10-5-6-10)11-7-9-3-1-2-4-12(9)13-8-11/h1-2,4,9-11,13H,3,5-8H2. The van der Waals surface area contributed by atoms with Crippen molar-refractivity contribution < 1.29 is 8.42 Å². The summed E-state index contributed by atoms with van der Waals surface area (Å²) in [6.07, 6.45) is 9.81. The van der Waals surface area contributed by atoms with E-state index in [1.807, 2.05) is 0 Å². The van der Waals surface area contributed by atoms with Gasteiger partial charge in [-0.25, -0.2) is 8.42 Å². The highest BCUT2D eigenvalue weighted by Gasteiger charge is 2.43. The van der Waals surface area contributed by atoms with Gasteiger partial charge in [0.25, 0.3) is 0 Å². The van der Waals surface area contributed by atoms with Gasteiger partial charge in [-0.1, -0.05) is 12.2 Å². The summed E-state index contributed by atoms with van der Waals surface area (Å²) < 4.78 is 24.3. The van der Waals surface area contributed by atoms with E-state index in [-0.39, 0.29) is 10.5 Å². The van der Waals surface area contributed by atoms with Crippen LogP contribution in [0.15, 0.2) is 23.9 Å². The molecule has 1 saturated carbocycles. The quantitative estimate of drug-likeness (QED) is 0.792. The van der Waals surface area contributed by atoms with Crippen molar-refractivity contribution in [3.63, 3.8) is 0 Å². The average molecular weight is 239 g/mol. The number of fused-ring (bicyclic) bond motifs is 1. The Morgan fingerprint density at radius 3 is 2.81 bits per heavy atom. The number of sulfone groups is 1. The van der Waals surface area contributed by atoms with E-state index in [1.54, 1.807) is 0 Å². The first-order valence-corrected chi connectivity index (χ1v) is 7.62. The maximum absolute atomic E-state index is 12.1. The second-order valence-corrected chi connectivity index (χ2v) is 7.52. The van der Waals surface area contributed by atoms with Gasteiger partial charge in [-0.3, -0.25) is 0 Å². The summed E-state index contributed by atoms with van der Waals surface area (Å²) in [5, 5.41) is 3.11. The Labute approximate surface area is 96.5 Å². The molecule has 0 aromatic carbocycles. The monoisotopic (exact) mass is 239 g/mol. The fraction of sp³-hybridized carbons (Fsp3) is 0.667. The van der Waals surface area contributed by atoms with Crippen molar-refractivity contribution in [2.24, 2.45) is 5.92 Å². The van der Waals surface area contributed by atoms with E-state index in [1.165, 1.54) is 5.70 Å². The zero-order valence-corrected chi connectivity index (χ0v) is 10.0. The van der Waals surface area contributed by atoms with E-state index in [2.05, 4.69) is 23.5 Å². The Bertz CT molecular complexity index is 446. The summed E-state index contributed by atoms with van der Waals surface area (Å²) in [7, 11) is -2.85. The first-order valence-electron chi connectivity index (χ1n) is 6.01. The number of hydrogen-bond donors (Lipinski definition) is 1. The highest BCUT2D eigenvalue weighted by molar-refractivity contribution is 7.92. The molecule has 1 saturated heterocycles. The summed E-state index contributed by atoms with van der Waals surface area (Å²) in [5.74, 6) is 0.400. The van der Waals surface area contributed by atoms with Gasteiger partial charge in [-0.05, 0) is 31.8 Å². The zero-order chi connectivity index (χ0) is 11.2. The SMILES string of the molecule is O=S(=O)(C1CC1)C1CNC2=CC=CCC2C1. The molecule has 1 heterocycles. The van der Waals surface area contributed by atoms with Crippen LogP contribution in [0.1, 0.15) is 25.7 Å². The maximum Gasteiger partial charge on any atom is 0.157 e. The third-order valence-electron chi connectivity index (χ3n) is 3.81. The van der Waals surface area contributed by atoms with E-state index in [0.29, 0.717) is 12.5 Å². The molecule has 2 fully saturated rings. The van der Waals surface area contributed by atoms with E-state index in [4.69, 9.17) is 0 Å². The molecule has 3 nitrogen and oxygen atoms in total. The van der Waals surface area contributed by atoms with Gasteiger partial charge in [0.2, 0.25) is 0 Å². The zero-order valence-electron chi connectivity index (χ0n) is 9.22. The van der Waals surface area contributed by atoms with Gasteiger partial charge in [0.15, 0.2) is 9.84 Å².